The normalized spacial score (nSPS) is 10.8. The largest absolute Gasteiger partial charge is 0.497 e. The van der Waals surface area contributed by atoms with Crippen molar-refractivity contribution in [1.29, 1.82) is 0 Å². The predicted molar refractivity (Wildman–Crippen MR) is 242 cm³/mol. The molecule has 0 spiro atoms. The molecule has 0 aliphatic heterocycles. The van der Waals surface area contributed by atoms with Crippen molar-refractivity contribution in [3.8, 4) is 11.5 Å². The Morgan fingerprint density at radius 3 is 1.27 bits per heavy atom. The van der Waals surface area contributed by atoms with Gasteiger partial charge in [0.2, 0.25) is 0 Å². The number of aliphatic hydroxyl groups excluding tert-OH is 1. The number of ether oxygens (including phenoxy) is 2. The first-order chi connectivity index (χ1) is 25.1. The summed E-state index contributed by atoms with van der Waals surface area (Å²) < 4.78 is 10.0. The van der Waals surface area contributed by atoms with E-state index >= 15 is 0 Å². The van der Waals surface area contributed by atoms with E-state index in [-0.39, 0.29) is 7.66 Å². The summed E-state index contributed by atoms with van der Waals surface area (Å²) >= 11 is 15.9. The summed E-state index contributed by atoms with van der Waals surface area (Å²) in [6, 6.07) is 44.3. The lowest BCUT2D eigenvalue weighted by atomic mass is 10.1. The third-order valence-corrected chi connectivity index (χ3v) is 10.6. The Balaban J connectivity index is 0.000000166. The van der Waals surface area contributed by atoms with Crippen LogP contribution in [0.4, 0.5) is 0 Å². The molecule has 2 aromatic heterocycles. The van der Waals surface area contributed by atoms with Crippen LogP contribution in [0.15, 0.2) is 140 Å². The summed E-state index contributed by atoms with van der Waals surface area (Å²) in [5.41, 5.74) is 4.68. The number of aryl methyl sites for hydroxylation is 1. The monoisotopic (exact) mass is 1030 g/mol. The molecule has 0 saturated heterocycles. The topological polar surface area (TPSA) is 70.3 Å². The summed E-state index contributed by atoms with van der Waals surface area (Å²) in [7, 11) is 2.89. The standard InChI is InChI=1S/C18H15P.C11H12BrNO.C11H13NO2.CBr4/c1-4-10-16(11-5-1)19(17-12-6-2-7-13-17)18-14-8-3-9-15-18;1-14-9-2-3-10-8(4-5-12)7-13-11(10)6-9;1-14-9-2-3-10-8(4-5-13)7-12-11(10)6-9;2-1(3,4)5/h1-15H;2-3,6-7,13H,4-5H2,1H3;2-3,6-7,12-13H,4-5H2,1H3;. The first-order valence-electron chi connectivity index (χ1n) is 16.3. The maximum absolute atomic E-state index is 8.86. The van der Waals surface area contributed by atoms with Gasteiger partial charge in [-0.3, -0.25) is 0 Å². The quantitative estimate of drug-likeness (QED) is 0.0997. The van der Waals surface area contributed by atoms with Crippen molar-refractivity contribution in [2.45, 2.75) is 13.9 Å². The van der Waals surface area contributed by atoms with Crippen LogP contribution in [0.3, 0.4) is 0 Å². The molecule has 52 heavy (non-hydrogen) atoms. The number of aromatic amines is 2. The molecule has 0 amide bonds. The minimum atomic E-state index is -0.446. The lowest BCUT2D eigenvalue weighted by molar-refractivity contribution is 0.300. The molecule has 0 radical (unpaired) electrons. The maximum Gasteiger partial charge on any atom is 0.189 e. The Morgan fingerprint density at radius 2 is 0.942 bits per heavy atom. The van der Waals surface area contributed by atoms with Crippen LogP contribution in [-0.2, 0) is 12.8 Å². The van der Waals surface area contributed by atoms with Gasteiger partial charge in [0.25, 0.3) is 0 Å². The number of alkyl halides is 5. The summed E-state index contributed by atoms with van der Waals surface area (Å²) in [4.78, 5) is 6.40. The number of methoxy groups -OCH3 is 2. The Kier molecular flexibility index (Phi) is 18.0. The molecule has 0 fully saturated rings. The molecule has 0 aliphatic carbocycles. The second kappa shape index (κ2) is 22.1. The van der Waals surface area contributed by atoms with E-state index in [0.29, 0.717) is 6.42 Å². The molecule has 0 atom stereocenters. The number of rotatable bonds is 9. The van der Waals surface area contributed by atoms with Gasteiger partial charge in [0.1, 0.15) is 11.5 Å². The molecule has 0 bridgehead atoms. The zero-order valence-electron chi connectivity index (χ0n) is 28.7. The average Bonchev–Trinajstić information content (AvgIpc) is 3.76. The molecule has 5 nitrogen and oxygen atoms in total. The van der Waals surface area contributed by atoms with Gasteiger partial charge in [0.05, 0.1) is 14.2 Å². The molecule has 0 saturated carbocycles. The van der Waals surface area contributed by atoms with E-state index in [4.69, 9.17) is 14.6 Å². The predicted octanol–water partition coefficient (Wildman–Crippen LogP) is 11.4. The Morgan fingerprint density at radius 1 is 0.577 bits per heavy atom. The number of benzene rings is 5. The summed E-state index contributed by atoms with van der Waals surface area (Å²) in [6.07, 6.45) is 5.73. The average molecular weight is 1040 g/mol. The van der Waals surface area contributed by atoms with Crippen LogP contribution in [0.2, 0.25) is 0 Å². The molecule has 272 valence electrons. The molecule has 0 unspecified atom stereocenters. The van der Waals surface area contributed by atoms with Gasteiger partial charge in [-0.1, -0.05) is 107 Å². The van der Waals surface area contributed by atoms with E-state index in [2.05, 4.69) is 193 Å². The number of H-pyrrole nitrogens is 2. The maximum atomic E-state index is 8.86. The molecular weight excluding hydrogens is 999 g/mol. The molecule has 7 rings (SSSR count). The highest BCUT2D eigenvalue weighted by molar-refractivity contribution is 9.52. The van der Waals surface area contributed by atoms with Gasteiger partial charge < -0.3 is 24.5 Å². The second-order valence-corrected chi connectivity index (χ2v) is 25.3. The minimum absolute atomic E-state index is 0.180. The first kappa shape index (κ1) is 42.3. The van der Waals surface area contributed by atoms with Crippen molar-refractivity contribution < 1.29 is 14.6 Å². The van der Waals surface area contributed by atoms with Gasteiger partial charge in [0.15, 0.2) is 1.05 Å². The van der Waals surface area contributed by atoms with Gasteiger partial charge >= 0.3 is 0 Å². The number of hydrogen-bond donors (Lipinski definition) is 3. The fourth-order valence-electron chi connectivity index (χ4n) is 5.40. The SMILES string of the molecule is BrC(Br)(Br)Br.COc1ccc2c(CCBr)c[nH]c2c1.COc1ccc2c(CCO)c[nH]c2c1.c1ccc(P(c2ccccc2)c2ccccc2)cc1. The summed E-state index contributed by atoms with van der Waals surface area (Å²) in [5.74, 6) is 1.74. The lowest BCUT2D eigenvalue weighted by Crippen LogP contribution is -2.20. The molecule has 0 aliphatic rings. The second-order valence-electron chi connectivity index (χ2n) is 11.1. The van der Waals surface area contributed by atoms with Crippen molar-refractivity contribution in [3.63, 3.8) is 0 Å². The molecule has 2 heterocycles. The Labute approximate surface area is 349 Å². The number of nitrogens with one attached hydrogen (secondary N) is 2. The van der Waals surface area contributed by atoms with Crippen molar-refractivity contribution in [2.24, 2.45) is 0 Å². The minimum Gasteiger partial charge on any atom is -0.497 e. The van der Waals surface area contributed by atoms with E-state index in [1.165, 1.54) is 26.9 Å². The highest BCUT2D eigenvalue weighted by Gasteiger charge is 2.15. The highest BCUT2D eigenvalue weighted by atomic mass is 80.0. The van der Waals surface area contributed by atoms with Gasteiger partial charge in [-0.25, -0.2) is 0 Å². The van der Waals surface area contributed by atoms with E-state index < -0.39 is 7.92 Å². The van der Waals surface area contributed by atoms with E-state index in [1.54, 1.807) is 14.2 Å². The van der Waals surface area contributed by atoms with Crippen LogP contribution >= 0.6 is 87.6 Å². The highest BCUT2D eigenvalue weighted by Crippen LogP contribution is 2.39. The van der Waals surface area contributed by atoms with Crippen LogP contribution in [-0.4, -0.2) is 42.3 Å². The van der Waals surface area contributed by atoms with Crippen LogP contribution in [0.1, 0.15) is 11.1 Å². The third kappa shape index (κ3) is 13.5. The third-order valence-electron chi connectivity index (χ3n) is 7.74. The molecule has 11 heteroatoms. The van der Waals surface area contributed by atoms with E-state index in [0.717, 1.165) is 45.2 Å². The van der Waals surface area contributed by atoms with E-state index in [1.807, 2.05) is 36.5 Å². The number of aromatic nitrogens is 2. The summed E-state index contributed by atoms with van der Waals surface area (Å²) in [5, 5.41) is 16.5. The zero-order chi connectivity index (χ0) is 37.3. The van der Waals surface area contributed by atoms with Crippen LogP contribution in [0.25, 0.3) is 21.8 Å². The smallest absolute Gasteiger partial charge is 0.189 e. The Hall–Kier alpha value is -2.43. The Bertz CT molecular complexity index is 1870. The van der Waals surface area contributed by atoms with Crippen molar-refractivity contribution >= 4 is 125 Å². The van der Waals surface area contributed by atoms with Crippen molar-refractivity contribution in [3.05, 3.63) is 151 Å². The van der Waals surface area contributed by atoms with Gasteiger partial charge in [-0.2, -0.15) is 0 Å². The van der Waals surface area contributed by atoms with Crippen LogP contribution in [0.5, 0.6) is 11.5 Å². The number of aliphatic hydroxyl groups is 1. The van der Waals surface area contributed by atoms with Gasteiger partial charge in [0, 0.05) is 58.3 Å². The fraction of sp³-hybridized carbons (Fsp3) is 0.171. The van der Waals surface area contributed by atoms with Crippen molar-refractivity contribution in [1.82, 2.24) is 9.97 Å². The van der Waals surface area contributed by atoms with E-state index in [9.17, 15) is 0 Å². The zero-order valence-corrected chi connectivity index (χ0v) is 37.5. The number of halogens is 5. The van der Waals surface area contributed by atoms with Crippen molar-refractivity contribution in [2.75, 3.05) is 26.2 Å². The fourth-order valence-corrected chi connectivity index (χ4v) is 8.13. The lowest BCUT2D eigenvalue weighted by Gasteiger charge is -2.18. The van der Waals surface area contributed by atoms with Gasteiger partial charge in [-0.15, -0.1) is 0 Å². The molecule has 5 aromatic carbocycles. The van der Waals surface area contributed by atoms with Gasteiger partial charge in [-0.05, 0) is 136 Å². The molecule has 3 N–H and O–H groups in total. The molecule has 7 aromatic rings. The number of hydrogen-bond acceptors (Lipinski definition) is 3. The van der Waals surface area contributed by atoms with Crippen LogP contribution in [0, 0.1) is 0 Å². The number of fused-ring (bicyclic) bond motifs is 2. The van der Waals surface area contributed by atoms with Crippen LogP contribution < -0.4 is 25.4 Å². The first-order valence-corrected chi connectivity index (χ1v) is 21.9. The summed E-state index contributed by atoms with van der Waals surface area (Å²) in [6.45, 7) is 0.180. The molecular formula is C41H40Br5N2O3P.